The molecule has 38 heavy (non-hydrogen) atoms. The van der Waals surface area contributed by atoms with E-state index in [9.17, 15) is 22.8 Å². The van der Waals surface area contributed by atoms with Crippen LogP contribution in [-0.2, 0) is 6.18 Å². The second kappa shape index (κ2) is 11.5. The Kier molecular flexibility index (Phi) is 8.16. The summed E-state index contributed by atoms with van der Waals surface area (Å²) in [5.41, 5.74) is 0.718. The number of methoxy groups -OCH3 is 1. The highest BCUT2D eigenvalue weighted by Crippen LogP contribution is 2.34. The molecule has 1 aliphatic heterocycles. The molecule has 0 saturated carbocycles. The first-order valence-corrected chi connectivity index (χ1v) is 12.0. The minimum absolute atomic E-state index is 0.270. The molecule has 1 heterocycles. The maximum atomic E-state index is 13.2. The second-order valence-electron chi connectivity index (χ2n) is 8.42. The Morgan fingerprint density at radius 3 is 2.21 bits per heavy atom. The Bertz CT molecular complexity index is 1300. The van der Waals surface area contributed by atoms with Crippen LogP contribution in [0.3, 0.4) is 0 Å². The van der Waals surface area contributed by atoms with Gasteiger partial charge in [0.15, 0.2) is 0 Å². The smallest absolute Gasteiger partial charge is 0.418 e. The molecule has 3 N–H and O–H groups in total. The van der Waals surface area contributed by atoms with Crippen LogP contribution in [0, 0.1) is 0 Å². The lowest BCUT2D eigenvalue weighted by molar-refractivity contribution is -0.136. The predicted molar refractivity (Wildman–Crippen MR) is 141 cm³/mol. The van der Waals surface area contributed by atoms with Crippen LogP contribution < -0.4 is 25.6 Å². The number of urea groups is 2. The third-order valence-corrected chi connectivity index (χ3v) is 6.18. The molecule has 12 heteroatoms. The number of hydrogen-bond acceptors (Lipinski definition) is 4. The average Bonchev–Trinajstić information content (AvgIpc) is 2.89. The zero-order valence-corrected chi connectivity index (χ0v) is 21.1. The van der Waals surface area contributed by atoms with E-state index >= 15 is 0 Å². The van der Waals surface area contributed by atoms with Gasteiger partial charge in [-0.25, -0.2) is 9.59 Å². The molecule has 4 rings (SSSR count). The summed E-state index contributed by atoms with van der Waals surface area (Å²) in [5.74, 6) is 0.470. The Morgan fingerprint density at radius 2 is 1.55 bits per heavy atom. The van der Waals surface area contributed by atoms with Crippen molar-refractivity contribution in [3.8, 4) is 5.75 Å². The third kappa shape index (κ3) is 6.60. The fourth-order valence-corrected chi connectivity index (χ4v) is 4.19. The number of para-hydroxylation sites is 1. The SMILES string of the molecule is COc1ccc(Cl)cc1NC(=O)Nc1ccc(N2CCN(C(=O)Nc3ccccc3C(F)(F)F)CC2)cc1. The third-order valence-electron chi connectivity index (χ3n) is 5.94. The lowest BCUT2D eigenvalue weighted by Crippen LogP contribution is -2.50. The van der Waals surface area contributed by atoms with Crippen LogP contribution >= 0.6 is 11.6 Å². The van der Waals surface area contributed by atoms with Gasteiger partial charge in [-0.3, -0.25) is 0 Å². The number of benzene rings is 3. The van der Waals surface area contributed by atoms with Gasteiger partial charge in [-0.05, 0) is 54.6 Å². The summed E-state index contributed by atoms with van der Waals surface area (Å²) in [6.07, 6.45) is -4.56. The van der Waals surface area contributed by atoms with Gasteiger partial charge in [0.25, 0.3) is 0 Å². The topological polar surface area (TPSA) is 85.9 Å². The lowest BCUT2D eigenvalue weighted by Gasteiger charge is -2.36. The summed E-state index contributed by atoms with van der Waals surface area (Å²) in [4.78, 5) is 28.5. The van der Waals surface area contributed by atoms with Crippen molar-refractivity contribution in [2.45, 2.75) is 6.18 Å². The summed E-state index contributed by atoms with van der Waals surface area (Å²) < 4.78 is 44.9. The number of nitrogens with zero attached hydrogens (tertiary/aromatic N) is 2. The first-order valence-electron chi connectivity index (χ1n) is 11.6. The van der Waals surface area contributed by atoms with Gasteiger partial charge in [-0.1, -0.05) is 23.7 Å². The fraction of sp³-hybridized carbons (Fsp3) is 0.231. The second-order valence-corrected chi connectivity index (χ2v) is 8.85. The van der Waals surface area contributed by atoms with Crippen LogP contribution in [0.4, 0.5) is 45.5 Å². The number of carbonyl (C=O) groups is 2. The molecule has 0 atom stereocenters. The summed E-state index contributed by atoms with van der Waals surface area (Å²) in [5, 5.41) is 8.28. The number of anilines is 4. The first kappa shape index (κ1) is 26.9. The van der Waals surface area contributed by atoms with Crippen molar-refractivity contribution in [2.24, 2.45) is 0 Å². The summed E-state index contributed by atoms with van der Waals surface area (Å²) >= 11 is 6.00. The van der Waals surface area contributed by atoms with E-state index in [1.165, 1.54) is 30.2 Å². The van der Waals surface area contributed by atoms with Crippen molar-refractivity contribution in [3.63, 3.8) is 0 Å². The molecule has 1 fully saturated rings. The Morgan fingerprint density at radius 1 is 0.868 bits per heavy atom. The normalized spacial score (nSPS) is 13.6. The Balaban J connectivity index is 1.30. The number of alkyl halides is 3. The number of ether oxygens (including phenoxy) is 1. The quantitative estimate of drug-likeness (QED) is 0.347. The van der Waals surface area contributed by atoms with Crippen LogP contribution in [0.1, 0.15) is 5.56 Å². The van der Waals surface area contributed by atoms with Crippen LogP contribution in [0.25, 0.3) is 0 Å². The number of halogens is 4. The van der Waals surface area contributed by atoms with Crippen molar-refractivity contribution in [2.75, 3.05) is 54.1 Å². The van der Waals surface area contributed by atoms with Gasteiger partial charge in [0.05, 0.1) is 24.0 Å². The van der Waals surface area contributed by atoms with Gasteiger partial charge in [0.1, 0.15) is 5.75 Å². The van der Waals surface area contributed by atoms with E-state index in [0.717, 1.165) is 11.8 Å². The maximum absolute atomic E-state index is 13.2. The van der Waals surface area contributed by atoms with Crippen molar-refractivity contribution >= 4 is 46.4 Å². The molecule has 8 nitrogen and oxygen atoms in total. The van der Waals surface area contributed by atoms with Gasteiger partial charge >= 0.3 is 18.2 Å². The minimum Gasteiger partial charge on any atom is -0.495 e. The van der Waals surface area contributed by atoms with E-state index in [0.29, 0.717) is 48.3 Å². The highest BCUT2D eigenvalue weighted by Gasteiger charge is 2.34. The molecule has 0 aromatic heterocycles. The zero-order chi connectivity index (χ0) is 27.3. The van der Waals surface area contributed by atoms with Gasteiger partial charge in [0, 0.05) is 42.6 Å². The lowest BCUT2D eigenvalue weighted by atomic mass is 10.1. The fourth-order valence-electron chi connectivity index (χ4n) is 4.02. The summed E-state index contributed by atoms with van der Waals surface area (Å²) in [6, 6.07) is 15.9. The van der Waals surface area contributed by atoms with Gasteiger partial charge in [-0.15, -0.1) is 0 Å². The number of nitrogens with one attached hydrogen (secondary N) is 3. The molecular weight excluding hydrogens is 523 g/mol. The minimum atomic E-state index is -4.56. The predicted octanol–water partition coefficient (Wildman–Crippen LogP) is 6.37. The van der Waals surface area contributed by atoms with Crippen molar-refractivity contribution in [1.29, 1.82) is 0 Å². The molecule has 3 aromatic rings. The number of carbonyl (C=O) groups excluding carboxylic acids is 2. The molecule has 1 aliphatic rings. The van der Waals surface area contributed by atoms with Crippen LogP contribution in [0.2, 0.25) is 5.02 Å². The van der Waals surface area contributed by atoms with E-state index in [2.05, 4.69) is 16.0 Å². The average molecular weight is 548 g/mol. The molecule has 0 radical (unpaired) electrons. The highest BCUT2D eigenvalue weighted by atomic mass is 35.5. The number of hydrogen-bond donors (Lipinski definition) is 3. The summed E-state index contributed by atoms with van der Waals surface area (Å²) in [6.45, 7) is 1.67. The molecule has 0 bridgehead atoms. The van der Waals surface area contributed by atoms with Crippen molar-refractivity contribution < 1.29 is 27.5 Å². The Hall–Kier alpha value is -4.12. The van der Waals surface area contributed by atoms with E-state index in [1.54, 1.807) is 30.3 Å². The Labute approximate surface area is 222 Å². The standard InChI is InChI=1S/C26H25ClF3N5O3/c1-38-23-11-6-17(27)16-22(23)32-24(36)31-18-7-9-19(10-8-18)34-12-14-35(15-13-34)25(37)33-21-5-3-2-4-20(21)26(28,29)30/h2-11,16H,12-15H2,1H3,(H,33,37)(H2,31,32,36). The van der Waals surface area contributed by atoms with E-state index in [-0.39, 0.29) is 5.69 Å². The molecule has 1 saturated heterocycles. The van der Waals surface area contributed by atoms with Crippen molar-refractivity contribution in [3.05, 3.63) is 77.3 Å². The summed E-state index contributed by atoms with van der Waals surface area (Å²) in [7, 11) is 1.49. The number of rotatable bonds is 5. The van der Waals surface area contributed by atoms with E-state index in [4.69, 9.17) is 16.3 Å². The monoisotopic (exact) mass is 547 g/mol. The highest BCUT2D eigenvalue weighted by molar-refractivity contribution is 6.31. The zero-order valence-electron chi connectivity index (χ0n) is 20.3. The first-order chi connectivity index (χ1) is 18.1. The van der Waals surface area contributed by atoms with Gasteiger partial charge in [-0.2, -0.15) is 13.2 Å². The van der Waals surface area contributed by atoms with Gasteiger partial charge in [0.2, 0.25) is 0 Å². The van der Waals surface area contributed by atoms with Crippen molar-refractivity contribution in [1.82, 2.24) is 4.90 Å². The van der Waals surface area contributed by atoms with Crippen LogP contribution in [-0.4, -0.2) is 50.3 Å². The van der Waals surface area contributed by atoms with E-state index < -0.39 is 23.8 Å². The molecule has 200 valence electrons. The molecular formula is C26H25ClF3N5O3. The molecule has 4 amide bonds. The molecule has 0 spiro atoms. The van der Waals surface area contributed by atoms with E-state index in [1.807, 2.05) is 17.0 Å². The van der Waals surface area contributed by atoms with Gasteiger partial charge < -0.3 is 30.5 Å². The molecule has 0 aliphatic carbocycles. The maximum Gasteiger partial charge on any atom is 0.418 e. The largest absolute Gasteiger partial charge is 0.495 e. The number of amides is 4. The molecule has 0 unspecified atom stereocenters. The van der Waals surface area contributed by atoms with Crippen LogP contribution in [0.5, 0.6) is 5.75 Å². The van der Waals surface area contributed by atoms with Crippen LogP contribution in [0.15, 0.2) is 66.7 Å². The molecule has 3 aromatic carbocycles. The number of piperazine rings is 1.